The van der Waals surface area contributed by atoms with Crippen LogP contribution in [-0.4, -0.2) is 56.1 Å². The second-order valence-electron chi connectivity index (χ2n) is 13.2. The molecule has 0 aliphatic rings. The smallest absolute Gasteiger partial charge is 0.343 e. The standard InChI is InChI=1S/C47H50O11/c1-3-44(49)55-30-14-7-5-12-28-53-39-23-19-37(20-24-39)42(48)33-36-18-27-43(41(32-36)47(52)57-34-35-16-10-9-11-17-35)58-46(51)38-21-25-40(26-22-38)54-29-13-6-8-15-31-56-45(50)4-2/h3-4,9-11,16-27,32H,1-2,5-8,12-15,28-31,33-34H2. The number of hydrogen-bond acceptors (Lipinski definition) is 11. The lowest BCUT2D eigenvalue weighted by Crippen LogP contribution is -2.14. The van der Waals surface area contributed by atoms with Crippen LogP contribution in [0.5, 0.6) is 17.2 Å². The number of Topliss-reactive ketones (excluding diaryl/α,β-unsaturated/α-hetero) is 1. The van der Waals surface area contributed by atoms with Crippen molar-refractivity contribution in [3.05, 3.63) is 150 Å². The fraction of sp³-hybridized carbons (Fsp3) is 0.298. The maximum absolute atomic E-state index is 13.4. The predicted octanol–water partition coefficient (Wildman–Crippen LogP) is 9.03. The summed E-state index contributed by atoms with van der Waals surface area (Å²) in [6.07, 6.45) is 9.10. The molecule has 0 unspecified atom stereocenters. The first kappa shape index (κ1) is 44.2. The van der Waals surface area contributed by atoms with Crippen molar-refractivity contribution in [2.45, 2.75) is 64.4 Å². The summed E-state index contributed by atoms with van der Waals surface area (Å²) < 4.78 is 32.9. The van der Waals surface area contributed by atoms with Gasteiger partial charge in [0.25, 0.3) is 0 Å². The Morgan fingerprint density at radius 3 is 1.55 bits per heavy atom. The number of carbonyl (C=O) groups excluding carboxylic acids is 5. The van der Waals surface area contributed by atoms with Crippen molar-refractivity contribution in [2.24, 2.45) is 0 Å². The molecule has 0 aliphatic carbocycles. The maximum Gasteiger partial charge on any atom is 0.343 e. The quantitative estimate of drug-likeness (QED) is 0.0150. The van der Waals surface area contributed by atoms with Gasteiger partial charge in [-0.15, -0.1) is 0 Å². The number of unbranched alkanes of at least 4 members (excludes halogenated alkanes) is 6. The molecule has 58 heavy (non-hydrogen) atoms. The molecule has 304 valence electrons. The molecule has 0 atom stereocenters. The van der Waals surface area contributed by atoms with Gasteiger partial charge in [-0.25, -0.2) is 19.2 Å². The topological polar surface area (TPSA) is 141 Å². The van der Waals surface area contributed by atoms with Gasteiger partial charge >= 0.3 is 23.9 Å². The number of hydrogen-bond donors (Lipinski definition) is 0. The van der Waals surface area contributed by atoms with Crippen molar-refractivity contribution >= 4 is 29.7 Å². The second kappa shape index (κ2) is 24.9. The van der Waals surface area contributed by atoms with E-state index in [1.807, 2.05) is 30.3 Å². The Bertz CT molecular complexity index is 1950. The van der Waals surface area contributed by atoms with Crippen molar-refractivity contribution in [1.29, 1.82) is 0 Å². The number of benzene rings is 4. The third kappa shape index (κ3) is 15.9. The van der Waals surface area contributed by atoms with Gasteiger partial charge in [-0.05, 0) is 123 Å². The van der Waals surface area contributed by atoms with E-state index < -0.39 is 23.9 Å². The van der Waals surface area contributed by atoms with Gasteiger partial charge in [0.2, 0.25) is 0 Å². The molecular weight excluding hydrogens is 741 g/mol. The maximum atomic E-state index is 13.4. The van der Waals surface area contributed by atoms with Crippen molar-refractivity contribution in [1.82, 2.24) is 0 Å². The lowest BCUT2D eigenvalue weighted by molar-refractivity contribution is -0.138. The van der Waals surface area contributed by atoms with Crippen molar-refractivity contribution in [2.75, 3.05) is 26.4 Å². The fourth-order valence-electron chi connectivity index (χ4n) is 5.57. The van der Waals surface area contributed by atoms with Gasteiger partial charge in [0.1, 0.15) is 29.4 Å². The predicted molar refractivity (Wildman–Crippen MR) is 218 cm³/mol. The van der Waals surface area contributed by atoms with Crippen LogP contribution in [0.2, 0.25) is 0 Å². The molecule has 11 nitrogen and oxygen atoms in total. The van der Waals surface area contributed by atoms with E-state index in [1.165, 1.54) is 12.1 Å². The highest BCUT2D eigenvalue weighted by molar-refractivity contribution is 5.99. The van der Waals surface area contributed by atoms with Crippen LogP contribution in [0.3, 0.4) is 0 Å². The van der Waals surface area contributed by atoms with Crippen LogP contribution in [-0.2, 0) is 36.8 Å². The Labute approximate surface area is 339 Å². The van der Waals surface area contributed by atoms with Crippen molar-refractivity contribution < 1.29 is 52.4 Å². The van der Waals surface area contributed by atoms with Crippen LogP contribution < -0.4 is 14.2 Å². The second-order valence-corrected chi connectivity index (χ2v) is 13.2. The summed E-state index contributed by atoms with van der Waals surface area (Å²) in [5.41, 5.74) is 2.05. The van der Waals surface area contributed by atoms with Crippen molar-refractivity contribution in [3.63, 3.8) is 0 Å². The third-order valence-electron chi connectivity index (χ3n) is 8.75. The SMILES string of the molecule is C=CC(=O)OCCCCCCOc1ccc(C(=O)Cc2ccc(OC(=O)c3ccc(OCCCCCCOC(=O)C=C)cc3)c(C(=O)OCc3ccccc3)c2)cc1. The molecule has 4 aromatic carbocycles. The molecule has 0 fully saturated rings. The normalized spacial score (nSPS) is 10.5. The molecule has 4 aromatic rings. The summed E-state index contributed by atoms with van der Waals surface area (Å²) >= 11 is 0. The van der Waals surface area contributed by atoms with E-state index in [-0.39, 0.29) is 35.7 Å². The van der Waals surface area contributed by atoms with E-state index in [1.54, 1.807) is 54.6 Å². The molecule has 0 N–H and O–H groups in total. The Morgan fingerprint density at radius 1 is 0.500 bits per heavy atom. The summed E-state index contributed by atoms with van der Waals surface area (Å²) in [7, 11) is 0. The minimum absolute atomic E-state index is 0.00326. The molecule has 0 radical (unpaired) electrons. The molecule has 0 amide bonds. The summed E-state index contributed by atoms with van der Waals surface area (Å²) in [5.74, 6) is -1.18. The molecule has 0 spiro atoms. The van der Waals surface area contributed by atoms with Crippen LogP contribution in [0.1, 0.15) is 93.6 Å². The Balaban J connectivity index is 1.31. The lowest BCUT2D eigenvalue weighted by atomic mass is 10.0. The molecule has 4 rings (SSSR count). The molecule has 11 heteroatoms. The largest absolute Gasteiger partial charge is 0.494 e. The molecule has 0 aromatic heterocycles. The molecular formula is C47H50O11. The number of esters is 4. The van der Waals surface area contributed by atoms with Gasteiger partial charge in [0, 0.05) is 24.1 Å². The average Bonchev–Trinajstić information content (AvgIpc) is 3.25. The van der Waals surface area contributed by atoms with Gasteiger partial charge in [-0.2, -0.15) is 0 Å². The van der Waals surface area contributed by atoms with E-state index in [0.717, 1.165) is 69.1 Å². The first-order valence-corrected chi connectivity index (χ1v) is 19.4. The Morgan fingerprint density at radius 2 is 1.02 bits per heavy atom. The summed E-state index contributed by atoms with van der Waals surface area (Å²) in [6.45, 7) is 8.48. The Kier molecular flexibility index (Phi) is 19.0. The van der Waals surface area contributed by atoms with Gasteiger partial charge in [0.15, 0.2) is 5.78 Å². The first-order valence-electron chi connectivity index (χ1n) is 19.4. The van der Waals surface area contributed by atoms with E-state index in [0.29, 0.717) is 49.1 Å². The summed E-state index contributed by atoms with van der Waals surface area (Å²) in [4.78, 5) is 62.1. The zero-order valence-electron chi connectivity index (χ0n) is 32.7. The molecule has 0 aliphatic heterocycles. The number of rotatable bonds is 26. The van der Waals surface area contributed by atoms with E-state index >= 15 is 0 Å². The van der Waals surface area contributed by atoms with Crippen LogP contribution in [0.4, 0.5) is 0 Å². The van der Waals surface area contributed by atoms with Crippen molar-refractivity contribution in [3.8, 4) is 17.2 Å². The zero-order valence-corrected chi connectivity index (χ0v) is 32.7. The van der Waals surface area contributed by atoms with E-state index in [2.05, 4.69) is 13.2 Å². The van der Waals surface area contributed by atoms with Gasteiger partial charge < -0.3 is 28.4 Å². The van der Waals surface area contributed by atoms with Crippen LogP contribution in [0.15, 0.2) is 122 Å². The van der Waals surface area contributed by atoms with Crippen LogP contribution in [0.25, 0.3) is 0 Å². The minimum Gasteiger partial charge on any atom is -0.494 e. The molecule has 0 saturated heterocycles. The summed E-state index contributed by atoms with van der Waals surface area (Å²) in [6, 6.07) is 27.2. The monoisotopic (exact) mass is 790 g/mol. The molecule has 0 saturated carbocycles. The van der Waals surface area contributed by atoms with Gasteiger partial charge in [0.05, 0.1) is 32.0 Å². The highest BCUT2D eigenvalue weighted by Crippen LogP contribution is 2.25. The van der Waals surface area contributed by atoms with Crippen LogP contribution in [0, 0.1) is 0 Å². The highest BCUT2D eigenvalue weighted by Gasteiger charge is 2.20. The van der Waals surface area contributed by atoms with E-state index in [4.69, 9.17) is 28.4 Å². The third-order valence-corrected chi connectivity index (χ3v) is 8.75. The number of ketones is 1. The van der Waals surface area contributed by atoms with Gasteiger partial charge in [-0.3, -0.25) is 4.79 Å². The number of ether oxygens (including phenoxy) is 6. The lowest BCUT2D eigenvalue weighted by Gasteiger charge is -2.13. The minimum atomic E-state index is -0.708. The Hall–Kier alpha value is -6.49. The van der Waals surface area contributed by atoms with Crippen LogP contribution >= 0.6 is 0 Å². The van der Waals surface area contributed by atoms with Gasteiger partial charge in [-0.1, -0.05) is 49.6 Å². The highest BCUT2D eigenvalue weighted by atomic mass is 16.6. The van der Waals surface area contributed by atoms with E-state index in [9.17, 15) is 24.0 Å². The zero-order chi connectivity index (χ0) is 41.4. The molecule has 0 bridgehead atoms. The average molecular weight is 791 g/mol. The fourth-order valence-corrected chi connectivity index (χ4v) is 5.57. The first-order chi connectivity index (χ1) is 28.2. The molecule has 0 heterocycles. The summed E-state index contributed by atoms with van der Waals surface area (Å²) in [5, 5.41) is 0. The number of carbonyl (C=O) groups is 5.